The molecule has 7 nitrogen and oxygen atoms in total. The van der Waals surface area contributed by atoms with Gasteiger partial charge in [0.15, 0.2) is 0 Å². The van der Waals surface area contributed by atoms with E-state index in [0.717, 1.165) is 37.7 Å². The molecule has 1 saturated heterocycles. The molecule has 0 saturated carbocycles. The molecule has 0 aliphatic carbocycles. The van der Waals surface area contributed by atoms with E-state index in [-0.39, 0.29) is 36.3 Å². The highest BCUT2D eigenvalue weighted by atomic mass is 16.5. The van der Waals surface area contributed by atoms with E-state index >= 15 is 0 Å². The summed E-state index contributed by atoms with van der Waals surface area (Å²) < 4.78 is 5.85. The summed E-state index contributed by atoms with van der Waals surface area (Å²) in [6, 6.07) is 8.26. The van der Waals surface area contributed by atoms with Gasteiger partial charge in [0.2, 0.25) is 11.8 Å². The number of aliphatic carboxylic acids is 1. The van der Waals surface area contributed by atoms with Gasteiger partial charge in [-0.1, -0.05) is 77.8 Å². The van der Waals surface area contributed by atoms with Crippen molar-refractivity contribution in [3.63, 3.8) is 0 Å². The average Bonchev–Trinajstić information content (AvgIpc) is 3.39. The second kappa shape index (κ2) is 15.1. The first kappa shape index (κ1) is 30.8. The molecule has 1 aromatic carbocycles. The Hall–Kier alpha value is -2.41. The maximum Gasteiger partial charge on any atom is 0.326 e. The quantitative estimate of drug-likeness (QED) is 0.345. The van der Waals surface area contributed by atoms with Crippen molar-refractivity contribution < 1.29 is 24.2 Å². The predicted octanol–water partition coefficient (Wildman–Crippen LogP) is 4.93. The van der Waals surface area contributed by atoms with Crippen LogP contribution in [0.2, 0.25) is 0 Å². The molecule has 0 spiro atoms. The summed E-state index contributed by atoms with van der Waals surface area (Å²) in [5, 5.41) is 12.4. The van der Waals surface area contributed by atoms with Crippen LogP contribution in [0.25, 0.3) is 0 Å². The lowest BCUT2D eigenvalue weighted by molar-refractivity contribution is -0.143. The van der Waals surface area contributed by atoms with Gasteiger partial charge in [0.25, 0.3) is 0 Å². The third-order valence-corrected chi connectivity index (χ3v) is 8.48. The zero-order valence-corrected chi connectivity index (χ0v) is 23.6. The first-order chi connectivity index (χ1) is 17.6. The summed E-state index contributed by atoms with van der Waals surface area (Å²) in [4.78, 5) is 40.4. The Kier molecular flexibility index (Phi) is 12.6. The first-order valence-electron chi connectivity index (χ1n) is 14.0. The van der Waals surface area contributed by atoms with Crippen molar-refractivity contribution in [3.05, 3.63) is 35.9 Å². The number of benzene rings is 1. The molecule has 0 unspecified atom stereocenters. The number of hydrogen-bond donors (Lipinski definition) is 2. The van der Waals surface area contributed by atoms with E-state index in [2.05, 4.69) is 26.1 Å². The van der Waals surface area contributed by atoms with Gasteiger partial charge in [-0.25, -0.2) is 4.79 Å². The number of carboxylic acids is 1. The molecule has 0 aromatic heterocycles. The lowest BCUT2D eigenvalue weighted by atomic mass is 9.82. The molecule has 208 valence electrons. The molecular weight excluding hydrogens is 468 g/mol. The second-order valence-electron chi connectivity index (χ2n) is 10.8. The maximum atomic E-state index is 13.5. The number of carbonyl (C=O) groups excluding carboxylic acids is 2. The fourth-order valence-corrected chi connectivity index (χ4v) is 5.75. The van der Waals surface area contributed by atoms with Crippen LogP contribution in [0.15, 0.2) is 30.3 Å². The van der Waals surface area contributed by atoms with Gasteiger partial charge in [-0.3, -0.25) is 9.59 Å². The van der Waals surface area contributed by atoms with Gasteiger partial charge in [0.1, 0.15) is 6.04 Å². The van der Waals surface area contributed by atoms with Crippen LogP contribution < -0.4 is 5.32 Å². The molecule has 7 atom stereocenters. The monoisotopic (exact) mass is 516 g/mol. The fraction of sp³-hybridized carbons (Fsp3) is 0.700. The van der Waals surface area contributed by atoms with Crippen molar-refractivity contribution in [1.82, 2.24) is 10.2 Å². The van der Waals surface area contributed by atoms with Crippen molar-refractivity contribution in [2.24, 2.45) is 23.7 Å². The van der Waals surface area contributed by atoms with Crippen molar-refractivity contribution in [2.45, 2.75) is 97.8 Å². The molecule has 2 rings (SSSR count). The Balaban J connectivity index is 2.05. The highest BCUT2D eigenvalue weighted by Gasteiger charge is 2.39. The van der Waals surface area contributed by atoms with Crippen LogP contribution in [0.1, 0.15) is 78.7 Å². The predicted molar refractivity (Wildman–Crippen MR) is 146 cm³/mol. The SMILES string of the molecule is CCC[C@@H]([C@@H](C)CC)[C@@H](CC(=O)N1CCC[C@H]1[C@H](C)[C@@H](C)C(=O)N[C@@H](Cc1ccccc1)C(=O)O)OC. The molecular formula is C30H48N2O5. The van der Waals surface area contributed by atoms with Crippen molar-refractivity contribution in [1.29, 1.82) is 0 Å². The Bertz CT molecular complexity index is 861. The van der Waals surface area contributed by atoms with E-state index in [1.807, 2.05) is 49.1 Å². The van der Waals surface area contributed by atoms with Gasteiger partial charge in [-0.15, -0.1) is 0 Å². The van der Waals surface area contributed by atoms with Crippen LogP contribution in [-0.2, 0) is 25.5 Å². The number of nitrogens with zero attached hydrogens (tertiary/aromatic N) is 1. The summed E-state index contributed by atoms with van der Waals surface area (Å²) in [6.07, 6.45) is 5.36. The molecule has 1 fully saturated rings. The number of nitrogens with one attached hydrogen (secondary N) is 1. The van der Waals surface area contributed by atoms with Gasteiger partial charge < -0.3 is 20.1 Å². The van der Waals surface area contributed by atoms with Gasteiger partial charge in [0.05, 0.1) is 12.5 Å². The summed E-state index contributed by atoms with van der Waals surface area (Å²) in [7, 11) is 1.70. The Labute approximate surface area is 223 Å². The molecule has 1 aliphatic rings. The van der Waals surface area contributed by atoms with Crippen LogP contribution in [0.5, 0.6) is 0 Å². The normalized spacial score (nSPS) is 20.5. The van der Waals surface area contributed by atoms with E-state index in [1.165, 1.54) is 0 Å². The number of methoxy groups -OCH3 is 1. The minimum Gasteiger partial charge on any atom is -0.480 e. The molecule has 2 N–H and O–H groups in total. The zero-order chi connectivity index (χ0) is 27.5. The minimum absolute atomic E-state index is 0.0450. The number of amides is 2. The Morgan fingerprint density at radius 1 is 1.14 bits per heavy atom. The highest BCUT2D eigenvalue weighted by molar-refractivity contribution is 5.85. The van der Waals surface area contributed by atoms with E-state index in [0.29, 0.717) is 24.8 Å². The molecule has 37 heavy (non-hydrogen) atoms. The molecule has 1 aliphatic heterocycles. The largest absolute Gasteiger partial charge is 0.480 e. The van der Waals surface area contributed by atoms with Crippen LogP contribution in [0.4, 0.5) is 0 Å². The second-order valence-corrected chi connectivity index (χ2v) is 10.8. The van der Waals surface area contributed by atoms with E-state index in [9.17, 15) is 19.5 Å². The maximum absolute atomic E-state index is 13.5. The van der Waals surface area contributed by atoms with Crippen LogP contribution in [-0.4, -0.2) is 59.6 Å². The summed E-state index contributed by atoms with van der Waals surface area (Å²) in [5.41, 5.74) is 0.856. The van der Waals surface area contributed by atoms with Crippen LogP contribution >= 0.6 is 0 Å². The molecule has 0 radical (unpaired) electrons. The first-order valence-corrected chi connectivity index (χ1v) is 14.0. The third-order valence-electron chi connectivity index (χ3n) is 8.48. The zero-order valence-electron chi connectivity index (χ0n) is 23.6. The fourth-order valence-electron chi connectivity index (χ4n) is 5.75. The third kappa shape index (κ3) is 8.56. The molecule has 1 heterocycles. The number of hydrogen-bond acceptors (Lipinski definition) is 4. The van der Waals surface area contributed by atoms with Crippen molar-refractivity contribution in [2.75, 3.05) is 13.7 Å². The standard InChI is InChI=1S/C30H48N2O5/c1-7-13-24(20(3)8-2)27(37-6)19-28(33)32-17-12-16-26(32)21(4)22(5)29(34)31-25(30(35)36)18-23-14-10-9-11-15-23/h9-11,14-15,20-22,24-27H,7-8,12-13,16-19H2,1-6H3,(H,31,34)(H,35,36)/t20-,21+,22+,24-,25-,26-,27+/m0/s1. The average molecular weight is 517 g/mol. The lowest BCUT2D eigenvalue weighted by Gasteiger charge is -2.35. The number of carbonyl (C=O) groups is 3. The van der Waals surface area contributed by atoms with E-state index in [1.54, 1.807) is 7.11 Å². The van der Waals surface area contributed by atoms with Crippen molar-refractivity contribution in [3.8, 4) is 0 Å². The Morgan fingerprint density at radius 3 is 2.38 bits per heavy atom. The number of ether oxygens (including phenoxy) is 1. The van der Waals surface area contributed by atoms with Gasteiger partial charge in [-0.05, 0) is 42.6 Å². The smallest absolute Gasteiger partial charge is 0.326 e. The van der Waals surface area contributed by atoms with Crippen LogP contribution in [0, 0.1) is 23.7 Å². The van der Waals surface area contributed by atoms with Crippen LogP contribution in [0.3, 0.4) is 0 Å². The van der Waals surface area contributed by atoms with E-state index in [4.69, 9.17) is 4.74 Å². The summed E-state index contributed by atoms with van der Waals surface area (Å²) in [5.74, 6) is -0.960. The number of carboxylic acid groups (broad SMARTS) is 1. The van der Waals surface area contributed by atoms with Gasteiger partial charge >= 0.3 is 5.97 Å². The van der Waals surface area contributed by atoms with Gasteiger partial charge in [0, 0.05) is 32.0 Å². The Morgan fingerprint density at radius 2 is 1.81 bits per heavy atom. The topological polar surface area (TPSA) is 95.9 Å². The molecule has 0 bridgehead atoms. The lowest BCUT2D eigenvalue weighted by Crippen LogP contribution is -2.49. The van der Waals surface area contributed by atoms with E-state index < -0.39 is 17.9 Å². The minimum atomic E-state index is -1.05. The number of likely N-dealkylation sites (tertiary alicyclic amines) is 1. The van der Waals surface area contributed by atoms with Gasteiger partial charge in [-0.2, -0.15) is 0 Å². The number of rotatable bonds is 15. The summed E-state index contributed by atoms with van der Waals surface area (Å²) >= 11 is 0. The molecule has 7 heteroatoms. The highest BCUT2D eigenvalue weighted by Crippen LogP contribution is 2.32. The van der Waals surface area contributed by atoms with Crippen molar-refractivity contribution >= 4 is 17.8 Å². The molecule has 1 aromatic rings. The summed E-state index contributed by atoms with van der Waals surface area (Å²) in [6.45, 7) is 11.1. The molecule has 2 amide bonds.